The van der Waals surface area contributed by atoms with Gasteiger partial charge in [-0.1, -0.05) is 12.1 Å². The summed E-state index contributed by atoms with van der Waals surface area (Å²) >= 11 is 0. The molecule has 2 rings (SSSR count). The van der Waals surface area contributed by atoms with Crippen molar-refractivity contribution in [2.75, 3.05) is 6.54 Å². The molecule has 0 aliphatic carbocycles. The molecule has 1 aromatic carbocycles. The number of aromatic nitrogens is 1. The van der Waals surface area contributed by atoms with Crippen molar-refractivity contribution in [1.29, 1.82) is 0 Å². The fourth-order valence-corrected chi connectivity index (χ4v) is 1.74. The minimum absolute atomic E-state index is 0.104. The van der Waals surface area contributed by atoms with E-state index in [4.69, 9.17) is 5.73 Å². The highest BCUT2D eigenvalue weighted by Crippen LogP contribution is 2.20. The topological polar surface area (TPSA) is 58.9 Å². The first kappa shape index (κ1) is 9.93. The molecule has 15 heavy (non-hydrogen) atoms. The van der Waals surface area contributed by atoms with Gasteiger partial charge in [0.15, 0.2) is 5.78 Å². The van der Waals surface area contributed by atoms with Gasteiger partial charge in [0.05, 0.1) is 0 Å². The maximum absolute atomic E-state index is 11.7. The SMILES string of the molecule is Cc1ccc2c(C(=O)CCN)c[nH]c2c1. The van der Waals surface area contributed by atoms with Crippen LogP contribution in [0.1, 0.15) is 22.3 Å². The number of rotatable bonds is 3. The Morgan fingerprint density at radius 2 is 2.27 bits per heavy atom. The van der Waals surface area contributed by atoms with Crippen molar-refractivity contribution in [2.45, 2.75) is 13.3 Å². The fraction of sp³-hybridized carbons (Fsp3) is 0.250. The van der Waals surface area contributed by atoms with Crippen molar-refractivity contribution in [2.24, 2.45) is 5.73 Å². The van der Waals surface area contributed by atoms with E-state index in [1.54, 1.807) is 6.20 Å². The average Bonchev–Trinajstić information content (AvgIpc) is 2.60. The number of carbonyl (C=O) groups is 1. The Labute approximate surface area is 88.3 Å². The Morgan fingerprint density at radius 3 is 3.00 bits per heavy atom. The lowest BCUT2D eigenvalue weighted by Crippen LogP contribution is -2.07. The summed E-state index contributed by atoms with van der Waals surface area (Å²) in [4.78, 5) is 14.8. The van der Waals surface area contributed by atoms with Crippen LogP contribution >= 0.6 is 0 Å². The van der Waals surface area contributed by atoms with E-state index in [0.717, 1.165) is 16.5 Å². The molecule has 0 radical (unpaired) electrons. The third kappa shape index (κ3) is 1.78. The van der Waals surface area contributed by atoms with Crippen molar-refractivity contribution in [3.8, 4) is 0 Å². The van der Waals surface area contributed by atoms with E-state index in [-0.39, 0.29) is 5.78 Å². The summed E-state index contributed by atoms with van der Waals surface area (Å²) in [6.45, 7) is 2.43. The van der Waals surface area contributed by atoms with Gasteiger partial charge in [-0.15, -0.1) is 0 Å². The molecule has 0 spiro atoms. The van der Waals surface area contributed by atoms with Gasteiger partial charge < -0.3 is 10.7 Å². The summed E-state index contributed by atoms with van der Waals surface area (Å²) < 4.78 is 0. The average molecular weight is 202 g/mol. The minimum atomic E-state index is 0.104. The monoisotopic (exact) mass is 202 g/mol. The van der Waals surface area contributed by atoms with Crippen LogP contribution in [0.3, 0.4) is 0 Å². The van der Waals surface area contributed by atoms with Gasteiger partial charge in [0, 0.05) is 29.1 Å². The van der Waals surface area contributed by atoms with E-state index in [0.29, 0.717) is 13.0 Å². The molecule has 2 aromatic rings. The van der Waals surface area contributed by atoms with Gasteiger partial charge in [-0.05, 0) is 25.1 Å². The summed E-state index contributed by atoms with van der Waals surface area (Å²) in [5.74, 6) is 0.104. The molecule has 0 saturated heterocycles. The number of nitrogens with one attached hydrogen (secondary N) is 1. The lowest BCUT2D eigenvalue weighted by molar-refractivity contribution is 0.0987. The quantitative estimate of drug-likeness (QED) is 0.748. The molecular weight excluding hydrogens is 188 g/mol. The maximum atomic E-state index is 11.7. The Bertz CT molecular complexity index is 499. The summed E-state index contributed by atoms with van der Waals surface area (Å²) in [5.41, 5.74) is 8.31. The van der Waals surface area contributed by atoms with Crippen molar-refractivity contribution >= 4 is 16.7 Å². The Hall–Kier alpha value is -1.61. The number of hydrogen-bond acceptors (Lipinski definition) is 2. The van der Waals surface area contributed by atoms with Gasteiger partial charge in [-0.2, -0.15) is 0 Å². The van der Waals surface area contributed by atoms with E-state index in [1.807, 2.05) is 25.1 Å². The predicted molar refractivity (Wildman–Crippen MR) is 61.0 cm³/mol. The number of benzene rings is 1. The van der Waals surface area contributed by atoms with Crippen molar-refractivity contribution in [3.63, 3.8) is 0 Å². The number of Topliss-reactive ketones (excluding diaryl/α,β-unsaturated/α-hetero) is 1. The molecule has 1 aromatic heterocycles. The van der Waals surface area contributed by atoms with Crippen molar-refractivity contribution in [3.05, 3.63) is 35.5 Å². The number of fused-ring (bicyclic) bond motifs is 1. The van der Waals surface area contributed by atoms with Gasteiger partial charge in [-0.25, -0.2) is 0 Å². The van der Waals surface area contributed by atoms with Crippen LogP contribution in [-0.4, -0.2) is 17.3 Å². The first-order chi connectivity index (χ1) is 7.22. The third-order valence-corrected chi connectivity index (χ3v) is 2.51. The molecule has 0 amide bonds. The zero-order chi connectivity index (χ0) is 10.8. The molecule has 78 valence electrons. The molecule has 0 saturated carbocycles. The van der Waals surface area contributed by atoms with E-state index in [9.17, 15) is 4.79 Å². The molecule has 3 heteroatoms. The summed E-state index contributed by atoms with van der Waals surface area (Å²) in [6, 6.07) is 6.02. The largest absolute Gasteiger partial charge is 0.360 e. The van der Waals surface area contributed by atoms with Gasteiger partial charge >= 0.3 is 0 Å². The standard InChI is InChI=1S/C12H14N2O/c1-8-2-3-9-10(12(15)4-5-13)7-14-11(9)6-8/h2-3,6-7,14H,4-5,13H2,1H3. The number of aryl methyl sites for hydroxylation is 1. The molecule has 0 bridgehead atoms. The van der Waals surface area contributed by atoms with E-state index in [2.05, 4.69) is 4.98 Å². The van der Waals surface area contributed by atoms with Crippen LogP contribution in [0, 0.1) is 6.92 Å². The Balaban J connectivity index is 2.49. The molecular formula is C12H14N2O. The second-order valence-electron chi connectivity index (χ2n) is 3.71. The molecule has 0 aliphatic heterocycles. The summed E-state index contributed by atoms with van der Waals surface area (Å²) in [6.07, 6.45) is 2.17. The van der Waals surface area contributed by atoms with Crippen LogP contribution < -0.4 is 5.73 Å². The van der Waals surface area contributed by atoms with Crippen molar-refractivity contribution < 1.29 is 4.79 Å². The molecule has 0 atom stereocenters. The number of hydrogen-bond donors (Lipinski definition) is 2. The molecule has 0 unspecified atom stereocenters. The predicted octanol–water partition coefficient (Wildman–Crippen LogP) is 2.01. The second kappa shape index (κ2) is 3.87. The summed E-state index contributed by atoms with van der Waals surface area (Å²) in [7, 11) is 0. The number of ketones is 1. The normalized spacial score (nSPS) is 10.8. The first-order valence-electron chi connectivity index (χ1n) is 5.03. The van der Waals surface area contributed by atoms with Crippen LogP contribution in [0.25, 0.3) is 10.9 Å². The van der Waals surface area contributed by atoms with Gasteiger partial charge in [0.25, 0.3) is 0 Å². The zero-order valence-electron chi connectivity index (χ0n) is 8.71. The highest BCUT2D eigenvalue weighted by Gasteiger charge is 2.10. The van der Waals surface area contributed by atoms with Gasteiger partial charge in [-0.3, -0.25) is 4.79 Å². The highest BCUT2D eigenvalue weighted by atomic mass is 16.1. The van der Waals surface area contributed by atoms with E-state index >= 15 is 0 Å². The Kier molecular flexibility index (Phi) is 2.56. The number of nitrogens with two attached hydrogens (primary N) is 1. The molecule has 1 heterocycles. The van der Waals surface area contributed by atoms with Crippen LogP contribution in [0.4, 0.5) is 0 Å². The smallest absolute Gasteiger partial charge is 0.166 e. The fourth-order valence-electron chi connectivity index (χ4n) is 1.74. The second-order valence-corrected chi connectivity index (χ2v) is 3.71. The Morgan fingerprint density at radius 1 is 1.47 bits per heavy atom. The van der Waals surface area contributed by atoms with Gasteiger partial charge in [0.1, 0.15) is 0 Å². The lowest BCUT2D eigenvalue weighted by Gasteiger charge is -1.97. The molecule has 0 fully saturated rings. The number of aromatic amines is 1. The van der Waals surface area contributed by atoms with Crippen LogP contribution in [0.2, 0.25) is 0 Å². The molecule has 3 nitrogen and oxygen atoms in total. The van der Waals surface area contributed by atoms with Crippen LogP contribution in [-0.2, 0) is 0 Å². The van der Waals surface area contributed by atoms with Gasteiger partial charge in [0.2, 0.25) is 0 Å². The maximum Gasteiger partial charge on any atom is 0.166 e. The number of carbonyl (C=O) groups excluding carboxylic acids is 1. The molecule has 0 aliphatic rings. The van der Waals surface area contributed by atoms with Crippen molar-refractivity contribution in [1.82, 2.24) is 4.98 Å². The minimum Gasteiger partial charge on any atom is -0.360 e. The van der Waals surface area contributed by atoms with E-state index < -0.39 is 0 Å². The first-order valence-corrected chi connectivity index (χ1v) is 5.03. The van der Waals surface area contributed by atoms with Crippen LogP contribution in [0.5, 0.6) is 0 Å². The number of H-pyrrole nitrogens is 1. The van der Waals surface area contributed by atoms with E-state index in [1.165, 1.54) is 5.56 Å². The molecule has 3 N–H and O–H groups in total. The highest BCUT2D eigenvalue weighted by molar-refractivity contribution is 6.07. The zero-order valence-corrected chi connectivity index (χ0v) is 8.71. The third-order valence-electron chi connectivity index (χ3n) is 2.51. The lowest BCUT2D eigenvalue weighted by atomic mass is 10.1. The summed E-state index contributed by atoms with van der Waals surface area (Å²) in [5, 5.41) is 0.985. The van der Waals surface area contributed by atoms with Crippen LogP contribution in [0.15, 0.2) is 24.4 Å².